The first kappa shape index (κ1) is 5.32. The van der Waals surface area contributed by atoms with E-state index in [0.29, 0.717) is 4.95 Å². The molecule has 39 valence electrons. The highest BCUT2D eigenvalue weighted by molar-refractivity contribution is 9.09. The van der Waals surface area contributed by atoms with Crippen molar-refractivity contribution in [3.8, 4) is 0 Å². The van der Waals surface area contributed by atoms with Crippen LogP contribution in [0.1, 0.15) is 0 Å². The van der Waals surface area contributed by atoms with Crippen LogP contribution in [-0.2, 0) is 0 Å². The van der Waals surface area contributed by atoms with Gasteiger partial charge < -0.3 is 0 Å². The van der Waals surface area contributed by atoms with E-state index in [4.69, 9.17) is 0 Å². The summed E-state index contributed by atoms with van der Waals surface area (Å²) in [5.74, 6) is 0. The lowest BCUT2D eigenvalue weighted by molar-refractivity contribution is 0.411. The fourth-order valence-electron chi connectivity index (χ4n) is 0.514. The Morgan fingerprint density at radius 2 is 2.71 bits per heavy atom. The van der Waals surface area contributed by atoms with E-state index in [9.17, 15) is 0 Å². The molecule has 2 heteroatoms. The molecule has 0 aromatic carbocycles. The molecule has 1 heterocycles. The van der Waals surface area contributed by atoms with E-state index in [1.807, 2.05) is 6.08 Å². The van der Waals surface area contributed by atoms with E-state index < -0.39 is 0 Å². The van der Waals surface area contributed by atoms with Crippen molar-refractivity contribution in [3.05, 3.63) is 12.2 Å². The number of alkyl halides is 1. The third-order valence-electron chi connectivity index (χ3n) is 1.02. The van der Waals surface area contributed by atoms with E-state index in [1.165, 1.54) is 0 Å². The molecule has 1 atom stereocenters. The maximum Gasteiger partial charge on any atom is 0.0912 e. The van der Waals surface area contributed by atoms with Crippen LogP contribution in [0.2, 0.25) is 0 Å². The molecular formula is C5H7BrN. The lowest BCUT2D eigenvalue weighted by Crippen LogP contribution is -2.19. The fraction of sp³-hybridized carbons (Fsp3) is 0.600. The van der Waals surface area contributed by atoms with Crippen molar-refractivity contribution < 1.29 is 0 Å². The molecule has 1 nitrogen and oxygen atoms in total. The van der Waals surface area contributed by atoms with E-state index >= 15 is 0 Å². The molecule has 0 amide bonds. The monoisotopic (exact) mass is 160 g/mol. The molecule has 0 bridgehead atoms. The van der Waals surface area contributed by atoms with Crippen LogP contribution in [0.4, 0.5) is 0 Å². The lowest BCUT2D eigenvalue weighted by atomic mass is 10.6. The lowest BCUT2D eigenvalue weighted by Gasteiger charge is -2.09. The van der Waals surface area contributed by atoms with Gasteiger partial charge in [-0.1, -0.05) is 22.0 Å². The Balaban J connectivity index is 2.45. The maximum atomic E-state index is 3.39. The molecule has 0 aliphatic carbocycles. The molecular weight excluding hydrogens is 154 g/mol. The number of rotatable bonds is 0. The van der Waals surface area contributed by atoms with E-state index in [1.54, 1.807) is 0 Å². The summed E-state index contributed by atoms with van der Waals surface area (Å²) in [7, 11) is 2.05. The van der Waals surface area contributed by atoms with Crippen LogP contribution in [0.15, 0.2) is 6.08 Å². The minimum Gasteiger partial charge on any atom is -0.287 e. The van der Waals surface area contributed by atoms with Gasteiger partial charge in [-0.05, 0) is 13.1 Å². The Hall–Kier alpha value is 0.180. The summed E-state index contributed by atoms with van der Waals surface area (Å²) in [6.07, 6.45) is 5.11. The Bertz CT molecular complexity index is 90.1. The van der Waals surface area contributed by atoms with Gasteiger partial charge in [-0.25, -0.2) is 0 Å². The molecule has 1 rings (SSSR count). The quantitative estimate of drug-likeness (QED) is 0.378. The Morgan fingerprint density at radius 1 is 2.00 bits per heavy atom. The van der Waals surface area contributed by atoms with Crippen molar-refractivity contribution in [2.45, 2.75) is 4.95 Å². The van der Waals surface area contributed by atoms with Gasteiger partial charge in [-0.3, -0.25) is 4.90 Å². The van der Waals surface area contributed by atoms with Crippen LogP contribution in [0.3, 0.4) is 0 Å². The molecule has 1 aliphatic rings. The Morgan fingerprint density at radius 3 is 2.86 bits per heavy atom. The first-order valence-electron chi connectivity index (χ1n) is 2.23. The molecule has 1 aliphatic heterocycles. The second-order valence-electron chi connectivity index (χ2n) is 1.65. The average Bonchev–Trinajstić information content (AvgIpc) is 1.91. The third-order valence-corrected chi connectivity index (χ3v) is 1.99. The molecule has 7 heavy (non-hydrogen) atoms. The second-order valence-corrected chi connectivity index (χ2v) is 2.51. The summed E-state index contributed by atoms with van der Waals surface area (Å²) in [5.41, 5.74) is 0. The van der Waals surface area contributed by atoms with Crippen molar-refractivity contribution in [1.82, 2.24) is 4.90 Å². The third kappa shape index (κ3) is 1.04. The summed E-state index contributed by atoms with van der Waals surface area (Å²) in [6, 6.07) is 0. The van der Waals surface area contributed by atoms with Gasteiger partial charge in [0.15, 0.2) is 0 Å². The molecule has 0 aromatic rings. The maximum absolute atomic E-state index is 3.39. The van der Waals surface area contributed by atoms with Gasteiger partial charge in [0.1, 0.15) is 0 Å². The van der Waals surface area contributed by atoms with Crippen LogP contribution >= 0.6 is 15.9 Å². The normalized spacial score (nSPS) is 32.0. The first-order chi connectivity index (χ1) is 3.30. The highest BCUT2D eigenvalue weighted by Gasteiger charge is 2.09. The first-order valence-corrected chi connectivity index (χ1v) is 3.14. The number of hydrogen-bond donors (Lipinski definition) is 0. The highest BCUT2D eigenvalue weighted by Crippen LogP contribution is 2.10. The molecule has 1 unspecified atom stereocenters. The highest BCUT2D eigenvalue weighted by atomic mass is 79.9. The molecule has 0 N–H and O–H groups in total. The van der Waals surface area contributed by atoms with Crippen molar-refractivity contribution >= 4 is 15.9 Å². The van der Waals surface area contributed by atoms with Gasteiger partial charge in [0.05, 0.1) is 4.95 Å². The Kier molecular flexibility index (Phi) is 1.50. The van der Waals surface area contributed by atoms with Crippen LogP contribution < -0.4 is 0 Å². The van der Waals surface area contributed by atoms with Gasteiger partial charge >= 0.3 is 0 Å². The Labute approximate surface area is 52.1 Å². The standard InChI is InChI=1S/C5H7BrN/c1-7-4-2-3-5(7)6/h2,5H,4H2,1H3. The molecule has 0 aromatic heterocycles. The van der Waals surface area contributed by atoms with Crippen molar-refractivity contribution in [2.24, 2.45) is 0 Å². The minimum absolute atomic E-state index is 0.354. The molecule has 0 spiro atoms. The zero-order chi connectivity index (χ0) is 5.28. The summed E-state index contributed by atoms with van der Waals surface area (Å²) in [5, 5.41) is 0. The number of halogens is 1. The van der Waals surface area contributed by atoms with Crippen LogP contribution in [0.5, 0.6) is 0 Å². The van der Waals surface area contributed by atoms with Crippen LogP contribution in [0.25, 0.3) is 0 Å². The van der Waals surface area contributed by atoms with Crippen molar-refractivity contribution in [1.29, 1.82) is 0 Å². The van der Waals surface area contributed by atoms with Crippen LogP contribution in [-0.4, -0.2) is 23.4 Å². The van der Waals surface area contributed by atoms with E-state index in [-0.39, 0.29) is 0 Å². The average molecular weight is 161 g/mol. The smallest absolute Gasteiger partial charge is 0.0912 e. The minimum atomic E-state index is 0.354. The van der Waals surface area contributed by atoms with Gasteiger partial charge in [-0.15, -0.1) is 0 Å². The van der Waals surface area contributed by atoms with Gasteiger partial charge in [-0.2, -0.15) is 0 Å². The van der Waals surface area contributed by atoms with Gasteiger partial charge in [0, 0.05) is 6.54 Å². The fourth-order valence-corrected chi connectivity index (χ4v) is 0.868. The van der Waals surface area contributed by atoms with E-state index in [0.717, 1.165) is 6.54 Å². The molecule has 0 saturated carbocycles. The van der Waals surface area contributed by atoms with Crippen molar-refractivity contribution in [2.75, 3.05) is 13.6 Å². The largest absolute Gasteiger partial charge is 0.287 e. The summed E-state index contributed by atoms with van der Waals surface area (Å²) >= 11 is 3.39. The van der Waals surface area contributed by atoms with Gasteiger partial charge in [0.25, 0.3) is 0 Å². The zero-order valence-electron chi connectivity index (χ0n) is 4.19. The second kappa shape index (κ2) is 1.97. The van der Waals surface area contributed by atoms with Crippen LogP contribution in [0, 0.1) is 6.08 Å². The molecule has 0 fully saturated rings. The number of hydrogen-bond acceptors (Lipinski definition) is 1. The SMILES string of the molecule is CN1CC=[C]C1Br. The predicted molar refractivity (Wildman–Crippen MR) is 33.2 cm³/mol. The molecule has 1 radical (unpaired) electrons. The predicted octanol–water partition coefficient (Wildman–Crippen LogP) is 1.01. The zero-order valence-corrected chi connectivity index (χ0v) is 5.77. The summed E-state index contributed by atoms with van der Waals surface area (Å²) in [4.78, 5) is 2.51. The van der Waals surface area contributed by atoms with Crippen molar-refractivity contribution in [3.63, 3.8) is 0 Å². The number of likely N-dealkylation sites (N-methyl/N-ethyl adjacent to an activating group) is 1. The number of nitrogens with zero attached hydrogens (tertiary/aromatic N) is 1. The summed E-state index contributed by atoms with van der Waals surface area (Å²) in [6.45, 7) is 1.02. The molecule has 0 saturated heterocycles. The topological polar surface area (TPSA) is 3.24 Å². The van der Waals surface area contributed by atoms with E-state index in [2.05, 4.69) is 34.0 Å². The summed E-state index contributed by atoms with van der Waals surface area (Å²) < 4.78 is 0. The van der Waals surface area contributed by atoms with Gasteiger partial charge in [0.2, 0.25) is 0 Å².